The molecular formula is C11H15IN2O2. The Hall–Kier alpha value is -0.820. The predicted molar refractivity (Wildman–Crippen MR) is 71.1 cm³/mol. The zero-order chi connectivity index (χ0) is 12.1. The molecule has 0 spiro atoms. The molecule has 88 valence electrons. The van der Waals surface area contributed by atoms with Crippen molar-refractivity contribution in [1.29, 1.82) is 0 Å². The number of rotatable bonds is 5. The summed E-state index contributed by atoms with van der Waals surface area (Å²) in [4.78, 5) is 10.7. The molecule has 16 heavy (non-hydrogen) atoms. The van der Waals surface area contributed by atoms with Gasteiger partial charge in [-0.3, -0.25) is 4.79 Å². The van der Waals surface area contributed by atoms with Crippen LogP contribution in [0.1, 0.15) is 24.4 Å². The van der Waals surface area contributed by atoms with E-state index in [0.717, 1.165) is 14.9 Å². The summed E-state index contributed by atoms with van der Waals surface area (Å²) in [6.45, 7) is 0. The van der Waals surface area contributed by atoms with E-state index in [1.54, 1.807) is 7.11 Å². The van der Waals surface area contributed by atoms with Gasteiger partial charge >= 0.3 is 0 Å². The Kier molecular flexibility index (Phi) is 5.01. The second-order valence-electron chi connectivity index (χ2n) is 3.50. The molecule has 1 unspecified atom stereocenters. The molecule has 1 atom stereocenters. The van der Waals surface area contributed by atoms with E-state index < -0.39 is 0 Å². The molecule has 0 bridgehead atoms. The van der Waals surface area contributed by atoms with Gasteiger partial charge in [-0.05, 0) is 47.2 Å². The number of amides is 1. The van der Waals surface area contributed by atoms with E-state index in [4.69, 9.17) is 16.2 Å². The molecule has 1 aromatic carbocycles. The van der Waals surface area contributed by atoms with E-state index in [2.05, 4.69) is 22.6 Å². The van der Waals surface area contributed by atoms with Crippen LogP contribution in [0, 0.1) is 3.57 Å². The van der Waals surface area contributed by atoms with Crippen molar-refractivity contribution in [2.45, 2.75) is 18.9 Å². The summed E-state index contributed by atoms with van der Waals surface area (Å²) in [6, 6.07) is 5.56. The Morgan fingerprint density at radius 3 is 2.81 bits per heavy atom. The molecule has 0 fully saturated rings. The molecule has 0 heterocycles. The topological polar surface area (TPSA) is 78.3 Å². The highest BCUT2D eigenvalue weighted by Crippen LogP contribution is 2.28. The van der Waals surface area contributed by atoms with Crippen molar-refractivity contribution < 1.29 is 9.53 Å². The van der Waals surface area contributed by atoms with Crippen LogP contribution in [-0.2, 0) is 4.79 Å². The fraction of sp³-hybridized carbons (Fsp3) is 0.364. The summed E-state index contributed by atoms with van der Waals surface area (Å²) >= 11 is 2.21. The SMILES string of the molecule is COc1ccc(I)cc1C(N)CCC(N)=O. The molecule has 0 radical (unpaired) electrons. The lowest BCUT2D eigenvalue weighted by molar-refractivity contribution is -0.118. The molecule has 0 saturated carbocycles. The highest BCUT2D eigenvalue weighted by molar-refractivity contribution is 14.1. The standard InChI is InChI=1S/C11H15IN2O2/c1-16-10-4-2-7(12)6-8(10)9(13)3-5-11(14)15/h2,4,6,9H,3,5,13H2,1H3,(H2,14,15). The van der Waals surface area contributed by atoms with Gasteiger partial charge < -0.3 is 16.2 Å². The number of methoxy groups -OCH3 is 1. The number of carbonyl (C=O) groups excluding carboxylic acids is 1. The predicted octanol–water partition coefficient (Wildman–Crippen LogP) is 1.57. The third-order valence-electron chi connectivity index (χ3n) is 2.29. The van der Waals surface area contributed by atoms with Gasteiger partial charge in [0.25, 0.3) is 0 Å². The van der Waals surface area contributed by atoms with Crippen molar-refractivity contribution >= 4 is 28.5 Å². The minimum atomic E-state index is -0.333. The van der Waals surface area contributed by atoms with Crippen molar-refractivity contribution in [3.05, 3.63) is 27.3 Å². The molecule has 0 aliphatic rings. The Balaban J connectivity index is 2.84. The van der Waals surface area contributed by atoms with Gasteiger partial charge in [0.1, 0.15) is 5.75 Å². The van der Waals surface area contributed by atoms with Crippen LogP contribution in [0.4, 0.5) is 0 Å². The molecule has 1 amide bonds. The fourth-order valence-corrected chi connectivity index (χ4v) is 1.96. The number of nitrogens with two attached hydrogens (primary N) is 2. The first-order chi connectivity index (χ1) is 7.54. The molecule has 1 aromatic rings. The van der Waals surface area contributed by atoms with Crippen molar-refractivity contribution in [2.75, 3.05) is 7.11 Å². The number of hydrogen-bond acceptors (Lipinski definition) is 3. The molecule has 0 aliphatic heterocycles. The number of primary amides is 1. The van der Waals surface area contributed by atoms with Crippen LogP contribution in [-0.4, -0.2) is 13.0 Å². The van der Waals surface area contributed by atoms with Crippen LogP contribution in [0.25, 0.3) is 0 Å². The first-order valence-electron chi connectivity index (χ1n) is 4.92. The number of benzene rings is 1. The van der Waals surface area contributed by atoms with Crippen LogP contribution in [0.3, 0.4) is 0 Å². The summed E-state index contributed by atoms with van der Waals surface area (Å²) in [5.74, 6) is 0.414. The van der Waals surface area contributed by atoms with E-state index in [1.165, 1.54) is 0 Å². The van der Waals surface area contributed by atoms with E-state index >= 15 is 0 Å². The van der Waals surface area contributed by atoms with E-state index in [-0.39, 0.29) is 18.4 Å². The van der Waals surface area contributed by atoms with Crippen LogP contribution >= 0.6 is 22.6 Å². The molecule has 0 aliphatic carbocycles. The quantitative estimate of drug-likeness (QED) is 0.803. The highest BCUT2D eigenvalue weighted by atomic mass is 127. The number of ether oxygens (including phenoxy) is 1. The van der Waals surface area contributed by atoms with Gasteiger partial charge in [-0.1, -0.05) is 0 Å². The lowest BCUT2D eigenvalue weighted by Gasteiger charge is -2.15. The van der Waals surface area contributed by atoms with Crippen molar-refractivity contribution in [3.8, 4) is 5.75 Å². The van der Waals surface area contributed by atoms with Gasteiger partial charge in [-0.2, -0.15) is 0 Å². The zero-order valence-corrected chi connectivity index (χ0v) is 11.2. The van der Waals surface area contributed by atoms with Gasteiger partial charge in [-0.25, -0.2) is 0 Å². The summed E-state index contributed by atoms with van der Waals surface area (Å²) in [6.07, 6.45) is 0.821. The smallest absolute Gasteiger partial charge is 0.217 e. The third-order valence-corrected chi connectivity index (χ3v) is 2.96. The maximum atomic E-state index is 10.7. The number of halogens is 1. The van der Waals surface area contributed by atoms with Crippen LogP contribution in [0.5, 0.6) is 5.75 Å². The van der Waals surface area contributed by atoms with Gasteiger partial charge in [0.15, 0.2) is 0 Å². The van der Waals surface area contributed by atoms with Crippen molar-refractivity contribution in [3.63, 3.8) is 0 Å². The molecule has 1 rings (SSSR count). The van der Waals surface area contributed by atoms with Gasteiger partial charge in [0.05, 0.1) is 7.11 Å². The Labute approximate surface area is 108 Å². The summed E-state index contributed by atoms with van der Waals surface area (Å²) in [5.41, 5.74) is 12.0. The lowest BCUT2D eigenvalue weighted by Crippen LogP contribution is -2.17. The molecule has 0 aromatic heterocycles. The Morgan fingerprint density at radius 1 is 1.56 bits per heavy atom. The second kappa shape index (κ2) is 6.05. The van der Waals surface area contributed by atoms with E-state index in [1.807, 2.05) is 18.2 Å². The Bertz CT molecular complexity index is 382. The maximum Gasteiger partial charge on any atom is 0.217 e. The minimum Gasteiger partial charge on any atom is -0.496 e. The third kappa shape index (κ3) is 3.64. The van der Waals surface area contributed by atoms with Gasteiger partial charge in [-0.15, -0.1) is 0 Å². The largest absolute Gasteiger partial charge is 0.496 e. The molecule has 4 nitrogen and oxygen atoms in total. The minimum absolute atomic E-state index is 0.225. The molecular weight excluding hydrogens is 319 g/mol. The molecule has 0 saturated heterocycles. The van der Waals surface area contributed by atoms with Crippen LogP contribution in [0.15, 0.2) is 18.2 Å². The number of carbonyl (C=O) groups is 1. The van der Waals surface area contributed by atoms with E-state index in [0.29, 0.717) is 6.42 Å². The normalized spacial score (nSPS) is 12.2. The average Bonchev–Trinajstić information content (AvgIpc) is 2.25. The van der Waals surface area contributed by atoms with E-state index in [9.17, 15) is 4.79 Å². The van der Waals surface area contributed by atoms with Crippen molar-refractivity contribution in [2.24, 2.45) is 11.5 Å². The van der Waals surface area contributed by atoms with Crippen LogP contribution in [0.2, 0.25) is 0 Å². The first kappa shape index (κ1) is 13.2. The zero-order valence-electron chi connectivity index (χ0n) is 9.07. The number of hydrogen-bond donors (Lipinski definition) is 2. The molecule has 5 heteroatoms. The Morgan fingerprint density at radius 2 is 2.25 bits per heavy atom. The monoisotopic (exact) mass is 334 g/mol. The van der Waals surface area contributed by atoms with Crippen LogP contribution < -0.4 is 16.2 Å². The summed E-state index contributed by atoms with van der Waals surface area (Å²) in [7, 11) is 1.60. The van der Waals surface area contributed by atoms with Crippen molar-refractivity contribution in [1.82, 2.24) is 0 Å². The lowest BCUT2D eigenvalue weighted by atomic mass is 10.0. The first-order valence-corrected chi connectivity index (χ1v) is 5.99. The second-order valence-corrected chi connectivity index (χ2v) is 4.74. The maximum absolute atomic E-state index is 10.7. The van der Waals surface area contributed by atoms with Gasteiger partial charge in [0, 0.05) is 21.6 Å². The fourth-order valence-electron chi connectivity index (χ4n) is 1.45. The van der Waals surface area contributed by atoms with Gasteiger partial charge in [0.2, 0.25) is 5.91 Å². The molecule has 4 N–H and O–H groups in total. The highest BCUT2D eigenvalue weighted by Gasteiger charge is 2.13. The average molecular weight is 334 g/mol. The summed E-state index contributed by atoms with van der Waals surface area (Å²) in [5, 5.41) is 0. The summed E-state index contributed by atoms with van der Waals surface area (Å²) < 4.78 is 6.31.